The van der Waals surface area contributed by atoms with Crippen molar-refractivity contribution in [1.29, 1.82) is 0 Å². The number of benzene rings is 2. The van der Waals surface area contributed by atoms with Gasteiger partial charge in [-0.05, 0) is 49.2 Å². The molecule has 0 aliphatic rings. The van der Waals surface area contributed by atoms with Gasteiger partial charge in [0.15, 0.2) is 4.47 Å². The van der Waals surface area contributed by atoms with Crippen LogP contribution >= 0.6 is 22.9 Å². The van der Waals surface area contributed by atoms with Crippen LogP contribution in [-0.4, -0.2) is 4.98 Å². The van der Waals surface area contributed by atoms with Crippen LogP contribution in [-0.2, 0) is 6.54 Å². The van der Waals surface area contributed by atoms with Crippen molar-refractivity contribution in [2.45, 2.75) is 20.4 Å². The molecule has 3 rings (SSSR count). The van der Waals surface area contributed by atoms with Gasteiger partial charge < -0.3 is 10.1 Å². The third-order valence-electron chi connectivity index (χ3n) is 3.48. The molecular formula is C18H17ClN2OS. The summed E-state index contributed by atoms with van der Waals surface area (Å²) in [5, 5.41) is 3.37. The predicted octanol–water partition coefficient (Wildman–Crippen LogP) is 5.82. The van der Waals surface area contributed by atoms with Gasteiger partial charge in [0.1, 0.15) is 11.5 Å². The van der Waals surface area contributed by atoms with Crippen LogP contribution < -0.4 is 10.1 Å². The molecule has 3 nitrogen and oxygen atoms in total. The summed E-state index contributed by atoms with van der Waals surface area (Å²) in [7, 11) is 0. The Hall–Kier alpha value is -2.04. The molecule has 0 fully saturated rings. The average molecular weight is 345 g/mol. The Balaban J connectivity index is 1.69. The van der Waals surface area contributed by atoms with Crippen LogP contribution in [0.2, 0.25) is 4.47 Å². The lowest BCUT2D eigenvalue weighted by molar-refractivity contribution is 0.475. The zero-order valence-corrected chi connectivity index (χ0v) is 14.5. The standard InChI is InChI=1S/C18H17ClN2OS/c1-12-5-3-4-6-16(12)22-17-8-7-14(9-13(17)2)20-10-15-11-21-18(19)23-15/h3-9,11,20H,10H2,1-2H3. The molecule has 0 saturated carbocycles. The zero-order valence-electron chi connectivity index (χ0n) is 13.0. The molecule has 0 amide bonds. The molecule has 0 bridgehead atoms. The molecule has 1 heterocycles. The second-order valence-electron chi connectivity index (χ2n) is 5.28. The fourth-order valence-corrected chi connectivity index (χ4v) is 3.14. The van der Waals surface area contributed by atoms with Gasteiger partial charge in [-0.1, -0.05) is 29.8 Å². The normalized spacial score (nSPS) is 10.6. The Bertz CT molecular complexity index is 816. The van der Waals surface area contributed by atoms with Crippen molar-refractivity contribution in [3.8, 4) is 11.5 Å². The highest BCUT2D eigenvalue weighted by Crippen LogP contribution is 2.29. The van der Waals surface area contributed by atoms with Crippen molar-refractivity contribution in [1.82, 2.24) is 4.98 Å². The smallest absolute Gasteiger partial charge is 0.183 e. The van der Waals surface area contributed by atoms with Gasteiger partial charge in [-0.25, -0.2) is 4.98 Å². The number of aryl methyl sites for hydroxylation is 2. The molecule has 1 N–H and O–H groups in total. The minimum absolute atomic E-state index is 0.569. The minimum atomic E-state index is 0.569. The lowest BCUT2D eigenvalue weighted by atomic mass is 10.2. The molecule has 0 atom stereocenters. The van der Waals surface area contributed by atoms with E-state index in [4.69, 9.17) is 16.3 Å². The zero-order chi connectivity index (χ0) is 16.2. The van der Waals surface area contributed by atoms with E-state index >= 15 is 0 Å². The summed E-state index contributed by atoms with van der Waals surface area (Å²) in [5.74, 6) is 1.75. The number of rotatable bonds is 5. The van der Waals surface area contributed by atoms with Crippen LogP contribution in [0.25, 0.3) is 0 Å². The topological polar surface area (TPSA) is 34.1 Å². The van der Waals surface area contributed by atoms with Crippen LogP contribution in [0.1, 0.15) is 16.0 Å². The third kappa shape index (κ3) is 4.03. The number of para-hydroxylation sites is 1. The molecule has 1 aromatic heterocycles. The van der Waals surface area contributed by atoms with Gasteiger partial charge in [-0.15, -0.1) is 11.3 Å². The van der Waals surface area contributed by atoms with Gasteiger partial charge >= 0.3 is 0 Å². The Morgan fingerprint density at radius 1 is 1.09 bits per heavy atom. The predicted molar refractivity (Wildman–Crippen MR) is 96.9 cm³/mol. The molecule has 0 aliphatic heterocycles. The van der Waals surface area contributed by atoms with E-state index in [0.717, 1.165) is 33.2 Å². The number of nitrogens with zero attached hydrogens (tertiary/aromatic N) is 1. The van der Waals surface area contributed by atoms with E-state index in [0.29, 0.717) is 11.0 Å². The Labute approximate surface area is 144 Å². The number of hydrogen-bond donors (Lipinski definition) is 1. The number of hydrogen-bond acceptors (Lipinski definition) is 4. The van der Waals surface area contributed by atoms with Gasteiger partial charge in [0.2, 0.25) is 0 Å². The van der Waals surface area contributed by atoms with Crippen molar-refractivity contribution in [2.75, 3.05) is 5.32 Å². The second-order valence-corrected chi connectivity index (χ2v) is 6.98. The molecule has 118 valence electrons. The second kappa shape index (κ2) is 7.02. The molecule has 3 aromatic rings. The molecule has 0 aliphatic carbocycles. The first-order valence-corrected chi connectivity index (χ1v) is 8.49. The summed E-state index contributed by atoms with van der Waals surface area (Å²) in [6.07, 6.45) is 1.79. The summed E-state index contributed by atoms with van der Waals surface area (Å²) in [4.78, 5) is 5.14. The van der Waals surface area contributed by atoms with E-state index in [-0.39, 0.29) is 0 Å². The molecule has 0 radical (unpaired) electrons. The van der Waals surface area contributed by atoms with Crippen LogP contribution in [0.3, 0.4) is 0 Å². The number of nitrogens with one attached hydrogen (secondary N) is 1. The summed E-state index contributed by atoms with van der Waals surface area (Å²) in [6.45, 7) is 4.80. The quantitative estimate of drug-likeness (QED) is 0.633. The fraction of sp³-hybridized carbons (Fsp3) is 0.167. The van der Waals surface area contributed by atoms with E-state index < -0.39 is 0 Å². The summed E-state index contributed by atoms with van der Waals surface area (Å²) in [6, 6.07) is 14.1. The molecule has 0 saturated heterocycles. The molecule has 0 spiro atoms. The summed E-state index contributed by atoms with van der Waals surface area (Å²) >= 11 is 7.33. The summed E-state index contributed by atoms with van der Waals surface area (Å²) in [5.41, 5.74) is 3.25. The highest BCUT2D eigenvalue weighted by atomic mass is 35.5. The minimum Gasteiger partial charge on any atom is -0.457 e. The average Bonchev–Trinajstić information content (AvgIpc) is 2.95. The van der Waals surface area contributed by atoms with Crippen molar-refractivity contribution >= 4 is 28.6 Å². The Morgan fingerprint density at radius 3 is 2.57 bits per heavy atom. The summed E-state index contributed by atoms with van der Waals surface area (Å²) < 4.78 is 6.58. The van der Waals surface area contributed by atoms with E-state index in [9.17, 15) is 0 Å². The first-order chi connectivity index (χ1) is 11.1. The van der Waals surface area contributed by atoms with Crippen molar-refractivity contribution < 1.29 is 4.74 Å². The number of aromatic nitrogens is 1. The van der Waals surface area contributed by atoms with E-state index in [1.807, 2.05) is 50.2 Å². The molecule has 0 unspecified atom stereocenters. The van der Waals surface area contributed by atoms with Gasteiger partial charge in [0.25, 0.3) is 0 Å². The van der Waals surface area contributed by atoms with Crippen molar-refractivity contribution in [3.63, 3.8) is 0 Å². The third-order valence-corrected chi connectivity index (χ3v) is 4.60. The van der Waals surface area contributed by atoms with E-state index in [2.05, 4.69) is 16.4 Å². The van der Waals surface area contributed by atoms with Crippen LogP contribution in [0, 0.1) is 13.8 Å². The highest BCUT2D eigenvalue weighted by molar-refractivity contribution is 7.15. The molecule has 2 aromatic carbocycles. The maximum absolute atomic E-state index is 6.01. The number of thiazole rings is 1. The maximum atomic E-state index is 6.01. The van der Waals surface area contributed by atoms with Crippen LogP contribution in [0.4, 0.5) is 5.69 Å². The number of anilines is 1. The van der Waals surface area contributed by atoms with Gasteiger partial charge in [0.05, 0.1) is 6.54 Å². The monoisotopic (exact) mass is 344 g/mol. The number of ether oxygens (including phenoxy) is 1. The van der Waals surface area contributed by atoms with E-state index in [1.54, 1.807) is 6.20 Å². The lowest BCUT2D eigenvalue weighted by Gasteiger charge is -2.12. The van der Waals surface area contributed by atoms with Crippen molar-refractivity contribution in [2.24, 2.45) is 0 Å². The van der Waals surface area contributed by atoms with Crippen LogP contribution in [0.5, 0.6) is 11.5 Å². The van der Waals surface area contributed by atoms with E-state index in [1.165, 1.54) is 11.3 Å². The maximum Gasteiger partial charge on any atom is 0.183 e. The number of halogens is 1. The first-order valence-electron chi connectivity index (χ1n) is 7.30. The first kappa shape index (κ1) is 15.8. The van der Waals surface area contributed by atoms with Gasteiger partial charge in [0, 0.05) is 16.8 Å². The molecule has 23 heavy (non-hydrogen) atoms. The largest absolute Gasteiger partial charge is 0.457 e. The molecule has 5 heteroatoms. The Kier molecular flexibility index (Phi) is 4.84. The van der Waals surface area contributed by atoms with Gasteiger partial charge in [-0.3, -0.25) is 0 Å². The highest BCUT2D eigenvalue weighted by Gasteiger charge is 2.05. The fourth-order valence-electron chi connectivity index (χ4n) is 2.22. The SMILES string of the molecule is Cc1ccccc1Oc1ccc(NCc2cnc(Cl)s2)cc1C. The van der Waals surface area contributed by atoms with Crippen molar-refractivity contribution in [3.05, 3.63) is 69.1 Å². The lowest BCUT2D eigenvalue weighted by Crippen LogP contribution is -1.98. The molecular weight excluding hydrogens is 328 g/mol. The Morgan fingerprint density at radius 2 is 1.87 bits per heavy atom. The van der Waals surface area contributed by atoms with Gasteiger partial charge in [-0.2, -0.15) is 0 Å². The van der Waals surface area contributed by atoms with Crippen LogP contribution in [0.15, 0.2) is 48.7 Å².